The molecule has 0 heterocycles. The first kappa shape index (κ1) is 6.55. The Hall–Kier alpha value is -0.570. The van der Waals surface area contributed by atoms with Crippen molar-refractivity contribution in [3.63, 3.8) is 0 Å². The molecule has 2 N–H and O–H groups in total. The second-order valence-electron chi connectivity index (χ2n) is 2.72. The van der Waals surface area contributed by atoms with E-state index in [0.29, 0.717) is 6.42 Å². The molecule has 0 spiro atoms. The highest BCUT2D eigenvalue weighted by Gasteiger charge is 2.57. The highest BCUT2D eigenvalue weighted by Crippen LogP contribution is 2.51. The van der Waals surface area contributed by atoms with Gasteiger partial charge >= 0.3 is 5.97 Å². The maximum Gasteiger partial charge on any atom is 0.312 e. The van der Waals surface area contributed by atoms with Crippen LogP contribution in [0.4, 0.5) is 0 Å². The van der Waals surface area contributed by atoms with Crippen molar-refractivity contribution in [3.8, 4) is 0 Å². The highest BCUT2D eigenvalue weighted by atomic mass is 16.4. The predicted octanol–water partition coefficient (Wildman–Crippen LogP) is 0.0895. The van der Waals surface area contributed by atoms with Crippen LogP contribution < -0.4 is 0 Å². The second kappa shape index (κ2) is 1.70. The molecule has 1 saturated carbocycles. The summed E-state index contributed by atoms with van der Waals surface area (Å²) in [5.74, 6) is -0.711. The normalized spacial score (nSPS) is 40.4. The maximum absolute atomic E-state index is 10.4. The van der Waals surface area contributed by atoms with E-state index < -0.39 is 11.4 Å². The Morgan fingerprint density at radius 3 is 2.33 bits per heavy atom. The number of hydrogen-bond acceptors (Lipinski definition) is 2. The minimum Gasteiger partial charge on any atom is -0.481 e. The van der Waals surface area contributed by atoms with Gasteiger partial charge in [0.05, 0.1) is 12.0 Å². The van der Waals surface area contributed by atoms with E-state index >= 15 is 0 Å². The van der Waals surface area contributed by atoms with Gasteiger partial charge in [-0.2, -0.15) is 0 Å². The third-order valence-corrected chi connectivity index (χ3v) is 2.16. The van der Waals surface area contributed by atoms with Gasteiger partial charge in [-0.1, -0.05) is 6.92 Å². The average Bonchev–Trinajstić information content (AvgIpc) is 2.43. The van der Waals surface area contributed by atoms with Gasteiger partial charge in [0.2, 0.25) is 0 Å². The van der Waals surface area contributed by atoms with Gasteiger partial charge < -0.3 is 10.2 Å². The molecule has 0 aliphatic heterocycles. The zero-order chi connectivity index (χ0) is 7.07. The summed E-state index contributed by atoms with van der Waals surface area (Å²) in [6.07, 6.45) is 0.624. The lowest BCUT2D eigenvalue weighted by Gasteiger charge is -2.03. The summed E-state index contributed by atoms with van der Waals surface area (Å²) in [5.41, 5.74) is -0.778. The van der Waals surface area contributed by atoms with E-state index in [1.54, 1.807) is 0 Å². The molecule has 1 rings (SSSR count). The quantitative estimate of drug-likeness (QED) is 0.557. The first-order valence-electron chi connectivity index (χ1n) is 2.98. The highest BCUT2D eigenvalue weighted by molar-refractivity contribution is 5.78. The van der Waals surface area contributed by atoms with Crippen LogP contribution in [0.1, 0.15) is 13.3 Å². The molecule has 0 amide bonds. The van der Waals surface area contributed by atoms with E-state index in [1.807, 2.05) is 6.92 Å². The zero-order valence-corrected chi connectivity index (χ0v) is 5.29. The van der Waals surface area contributed by atoms with Gasteiger partial charge in [-0.3, -0.25) is 4.79 Å². The van der Waals surface area contributed by atoms with E-state index in [1.165, 1.54) is 0 Å². The Kier molecular flexibility index (Phi) is 1.24. The summed E-state index contributed by atoms with van der Waals surface area (Å²) in [7, 11) is 0. The van der Waals surface area contributed by atoms with Gasteiger partial charge in [-0.05, 0) is 12.3 Å². The number of carboxylic acid groups (broad SMARTS) is 1. The van der Waals surface area contributed by atoms with Gasteiger partial charge in [-0.15, -0.1) is 0 Å². The molecule has 52 valence electrons. The van der Waals surface area contributed by atoms with E-state index in [2.05, 4.69) is 0 Å². The smallest absolute Gasteiger partial charge is 0.312 e. The molecule has 3 heteroatoms. The van der Waals surface area contributed by atoms with Crippen LogP contribution in [0.5, 0.6) is 0 Å². The molecule has 0 saturated heterocycles. The lowest BCUT2D eigenvalue weighted by Crippen LogP contribution is -2.20. The summed E-state index contributed by atoms with van der Waals surface area (Å²) < 4.78 is 0. The van der Waals surface area contributed by atoms with Crippen molar-refractivity contribution in [2.45, 2.75) is 13.3 Å². The number of aliphatic hydroxyl groups excluding tert-OH is 1. The van der Waals surface area contributed by atoms with Crippen molar-refractivity contribution in [3.05, 3.63) is 0 Å². The van der Waals surface area contributed by atoms with Crippen molar-refractivity contribution in [2.75, 3.05) is 6.61 Å². The maximum atomic E-state index is 10.4. The van der Waals surface area contributed by atoms with E-state index in [-0.39, 0.29) is 12.5 Å². The summed E-state index contributed by atoms with van der Waals surface area (Å²) in [6.45, 7) is 1.62. The van der Waals surface area contributed by atoms with Gasteiger partial charge in [-0.25, -0.2) is 0 Å². The SMILES string of the molecule is CC1CC1(CO)C(=O)O. The molecular formula is C6H10O3. The van der Waals surface area contributed by atoms with Crippen LogP contribution in [0, 0.1) is 11.3 Å². The monoisotopic (exact) mass is 130 g/mol. The van der Waals surface area contributed by atoms with Gasteiger partial charge in [0, 0.05) is 0 Å². The van der Waals surface area contributed by atoms with Crippen molar-refractivity contribution >= 4 is 5.97 Å². The van der Waals surface area contributed by atoms with Crippen molar-refractivity contribution in [1.82, 2.24) is 0 Å². The molecular weight excluding hydrogens is 120 g/mol. The molecule has 0 aromatic rings. The number of carbonyl (C=O) groups is 1. The van der Waals surface area contributed by atoms with Crippen molar-refractivity contribution < 1.29 is 15.0 Å². The lowest BCUT2D eigenvalue weighted by atomic mass is 10.1. The number of rotatable bonds is 2. The number of carboxylic acids is 1. The van der Waals surface area contributed by atoms with Crippen molar-refractivity contribution in [1.29, 1.82) is 0 Å². The Labute approximate surface area is 53.3 Å². The number of hydrogen-bond donors (Lipinski definition) is 2. The fourth-order valence-corrected chi connectivity index (χ4v) is 1.07. The molecule has 1 aliphatic rings. The summed E-state index contributed by atoms with van der Waals surface area (Å²) >= 11 is 0. The van der Waals surface area contributed by atoms with Crippen LogP contribution in [-0.2, 0) is 4.79 Å². The third-order valence-electron chi connectivity index (χ3n) is 2.16. The Morgan fingerprint density at radius 2 is 2.33 bits per heavy atom. The molecule has 0 radical (unpaired) electrons. The average molecular weight is 130 g/mol. The second-order valence-corrected chi connectivity index (χ2v) is 2.72. The molecule has 0 aromatic heterocycles. The number of aliphatic carboxylic acids is 1. The molecule has 1 aliphatic carbocycles. The molecule has 3 nitrogen and oxygen atoms in total. The molecule has 1 fully saturated rings. The fraction of sp³-hybridized carbons (Fsp3) is 0.833. The largest absolute Gasteiger partial charge is 0.481 e. The van der Waals surface area contributed by atoms with Gasteiger partial charge in [0.15, 0.2) is 0 Å². The Bertz CT molecular complexity index is 139. The Balaban J connectivity index is 2.62. The van der Waals surface area contributed by atoms with Crippen LogP contribution in [0.15, 0.2) is 0 Å². The van der Waals surface area contributed by atoms with Crippen molar-refractivity contribution in [2.24, 2.45) is 11.3 Å². The minimum absolute atomic E-state index is 0.153. The number of aliphatic hydroxyl groups is 1. The first-order chi connectivity index (χ1) is 4.13. The topological polar surface area (TPSA) is 57.5 Å². The van der Waals surface area contributed by atoms with E-state index in [4.69, 9.17) is 10.2 Å². The van der Waals surface area contributed by atoms with Crippen LogP contribution in [0.25, 0.3) is 0 Å². The van der Waals surface area contributed by atoms with Gasteiger partial charge in [0.25, 0.3) is 0 Å². The zero-order valence-electron chi connectivity index (χ0n) is 5.29. The van der Waals surface area contributed by atoms with Gasteiger partial charge in [0.1, 0.15) is 0 Å². The Morgan fingerprint density at radius 1 is 1.89 bits per heavy atom. The molecule has 0 bridgehead atoms. The molecule has 0 aromatic carbocycles. The molecule has 9 heavy (non-hydrogen) atoms. The lowest BCUT2D eigenvalue weighted by molar-refractivity contribution is -0.145. The minimum atomic E-state index is -0.863. The van der Waals surface area contributed by atoms with Crippen LogP contribution in [-0.4, -0.2) is 22.8 Å². The summed E-state index contributed by atoms with van der Waals surface area (Å²) in [4.78, 5) is 10.4. The van der Waals surface area contributed by atoms with Crippen LogP contribution in [0.3, 0.4) is 0 Å². The van der Waals surface area contributed by atoms with Crippen LogP contribution in [0.2, 0.25) is 0 Å². The molecule has 2 atom stereocenters. The molecule has 2 unspecified atom stereocenters. The summed E-state index contributed by atoms with van der Waals surface area (Å²) in [5, 5.41) is 17.1. The summed E-state index contributed by atoms with van der Waals surface area (Å²) in [6, 6.07) is 0. The third kappa shape index (κ3) is 0.721. The first-order valence-corrected chi connectivity index (χ1v) is 2.98. The standard InChI is InChI=1S/C6H10O3/c1-4-2-6(4,3-7)5(8)9/h4,7H,2-3H2,1H3,(H,8,9). The fourth-order valence-electron chi connectivity index (χ4n) is 1.07. The van der Waals surface area contributed by atoms with E-state index in [0.717, 1.165) is 0 Å². The van der Waals surface area contributed by atoms with Crippen LogP contribution >= 0.6 is 0 Å². The van der Waals surface area contributed by atoms with E-state index in [9.17, 15) is 4.79 Å². The predicted molar refractivity (Wildman–Crippen MR) is 30.9 cm³/mol.